The third-order valence-electron chi connectivity index (χ3n) is 4.02. The van der Waals surface area contributed by atoms with Gasteiger partial charge in [0.1, 0.15) is 6.04 Å². The topological polar surface area (TPSA) is 82.8 Å². The summed E-state index contributed by atoms with van der Waals surface area (Å²) in [5.74, 6) is 0.994. The molecular weight excluding hydrogens is 314 g/mol. The average molecular weight is 332 g/mol. The van der Waals surface area contributed by atoms with E-state index < -0.39 is 0 Å². The van der Waals surface area contributed by atoms with Crippen molar-refractivity contribution < 1.29 is 4.52 Å². The minimum absolute atomic E-state index is 0.205. The lowest BCUT2D eigenvalue weighted by atomic mass is 10.1. The molecule has 0 aliphatic heterocycles. The summed E-state index contributed by atoms with van der Waals surface area (Å²) in [6.07, 6.45) is 0. The molecule has 0 fully saturated rings. The zero-order valence-corrected chi connectivity index (χ0v) is 14.2. The fraction of sp³-hybridized carbons (Fsp3) is 0.312. The van der Waals surface area contributed by atoms with Gasteiger partial charge in [0.25, 0.3) is 5.89 Å². The van der Waals surface area contributed by atoms with Gasteiger partial charge < -0.3 is 10.3 Å². The number of rotatable bonds is 3. The first kappa shape index (κ1) is 15.6. The monoisotopic (exact) mass is 331 g/mol. The molecule has 3 rings (SSSR count). The molecule has 0 bridgehead atoms. The lowest BCUT2D eigenvalue weighted by Gasteiger charge is -2.09. The van der Waals surface area contributed by atoms with Crippen molar-refractivity contribution in [2.45, 2.75) is 33.7 Å². The van der Waals surface area contributed by atoms with Crippen LogP contribution in [0, 0.1) is 20.8 Å². The molecule has 6 nitrogen and oxygen atoms in total. The van der Waals surface area contributed by atoms with Crippen molar-refractivity contribution in [3.05, 3.63) is 46.1 Å². The van der Waals surface area contributed by atoms with Crippen molar-refractivity contribution in [2.75, 3.05) is 5.73 Å². The first-order valence-electron chi connectivity index (χ1n) is 7.30. The third kappa shape index (κ3) is 2.59. The highest BCUT2D eigenvalue weighted by molar-refractivity contribution is 6.31. The maximum absolute atomic E-state index is 6.21. The van der Waals surface area contributed by atoms with Gasteiger partial charge in [0.05, 0.1) is 16.4 Å². The van der Waals surface area contributed by atoms with E-state index >= 15 is 0 Å². The van der Waals surface area contributed by atoms with Crippen LogP contribution in [-0.4, -0.2) is 19.9 Å². The lowest BCUT2D eigenvalue weighted by Crippen LogP contribution is -2.10. The number of nitrogens with zero attached hydrogens (tertiary/aromatic N) is 4. The highest BCUT2D eigenvalue weighted by Gasteiger charge is 2.22. The molecule has 2 heterocycles. The second-order valence-electron chi connectivity index (χ2n) is 5.58. The number of anilines is 1. The van der Waals surface area contributed by atoms with Crippen LogP contribution in [-0.2, 0) is 0 Å². The molecule has 2 aromatic heterocycles. The third-order valence-corrected chi connectivity index (χ3v) is 4.57. The minimum atomic E-state index is -0.205. The Morgan fingerprint density at radius 1 is 1.26 bits per heavy atom. The number of aryl methyl sites for hydroxylation is 1. The standard InChI is InChI=1S/C16H18ClN5O/c1-8-12(6-5-7-13(8)18)15-19-16(23-21-15)11(4)22-10(3)14(17)9(2)20-22/h5-7,11H,18H2,1-4H3. The van der Waals surface area contributed by atoms with E-state index in [1.807, 2.05) is 45.9 Å². The van der Waals surface area contributed by atoms with Gasteiger partial charge in [0.2, 0.25) is 5.82 Å². The molecule has 7 heteroatoms. The number of aromatic nitrogens is 4. The Labute approximate surface area is 139 Å². The van der Waals surface area contributed by atoms with Crippen molar-refractivity contribution in [3.8, 4) is 11.4 Å². The van der Waals surface area contributed by atoms with Gasteiger partial charge in [-0.2, -0.15) is 10.1 Å². The van der Waals surface area contributed by atoms with Crippen molar-refractivity contribution in [3.63, 3.8) is 0 Å². The maximum Gasteiger partial charge on any atom is 0.251 e. The highest BCUT2D eigenvalue weighted by atomic mass is 35.5. The first-order valence-corrected chi connectivity index (χ1v) is 7.68. The van der Waals surface area contributed by atoms with Gasteiger partial charge >= 0.3 is 0 Å². The molecule has 1 aromatic carbocycles. The van der Waals surface area contributed by atoms with Gasteiger partial charge in [-0.25, -0.2) is 0 Å². The fourth-order valence-electron chi connectivity index (χ4n) is 2.53. The largest absolute Gasteiger partial charge is 0.398 e. The average Bonchev–Trinajstić information content (AvgIpc) is 3.11. The van der Waals surface area contributed by atoms with Gasteiger partial charge in [-0.1, -0.05) is 28.9 Å². The molecule has 2 N–H and O–H groups in total. The molecule has 120 valence electrons. The molecule has 0 saturated carbocycles. The Bertz CT molecular complexity index is 867. The van der Waals surface area contributed by atoms with Gasteiger partial charge in [-0.05, 0) is 39.3 Å². The fourth-order valence-corrected chi connectivity index (χ4v) is 2.66. The van der Waals surface area contributed by atoms with Crippen LogP contribution in [0.5, 0.6) is 0 Å². The molecule has 0 spiro atoms. The van der Waals surface area contributed by atoms with E-state index in [9.17, 15) is 0 Å². The van der Waals surface area contributed by atoms with Crippen LogP contribution >= 0.6 is 11.6 Å². The molecule has 1 atom stereocenters. The molecular formula is C16H18ClN5O. The molecule has 0 saturated heterocycles. The predicted octanol–water partition coefficient (Wildman–Crippen LogP) is 3.70. The smallest absolute Gasteiger partial charge is 0.251 e. The summed E-state index contributed by atoms with van der Waals surface area (Å²) in [5, 5.41) is 9.17. The molecule has 1 unspecified atom stereocenters. The summed E-state index contributed by atoms with van der Waals surface area (Å²) < 4.78 is 7.22. The van der Waals surface area contributed by atoms with E-state index in [0.29, 0.717) is 22.4 Å². The van der Waals surface area contributed by atoms with Gasteiger partial charge in [0, 0.05) is 11.3 Å². The predicted molar refractivity (Wildman–Crippen MR) is 89.4 cm³/mol. The van der Waals surface area contributed by atoms with Crippen molar-refractivity contribution in [1.29, 1.82) is 0 Å². The summed E-state index contributed by atoms with van der Waals surface area (Å²) in [6, 6.07) is 5.44. The summed E-state index contributed by atoms with van der Waals surface area (Å²) >= 11 is 6.21. The van der Waals surface area contributed by atoms with E-state index in [1.54, 1.807) is 4.68 Å². The minimum Gasteiger partial charge on any atom is -0.398 e. The summed E-state index contributed by atoms with van der Waals surface area (Å²) in [6.45, 7) is 7.66. The van der Waals surface area contributed by atoms with E-state index in [2.05, 4.69) is 15.2 Å². The first-order chi connectivity index (χ1) is 10.9. The Kier molecular flexibility index (Phi) is 3.85. The number of hydrogen-bond acceptors (Lipinski definition) is 5. The van der Waals surface area contributed by atoms with Gasteiger partial charge in [0.15, 0.2) is 0 Å². The zero-order chi connectivity index (χ0) is 16.7. The Morgan fingerprint density at radius 2 is 2.00 bits per heavy atom. The number of hydrogen-bond donors (Lipinski definition) is 1. The SMILES string of the molecule is Cc1nn(C(C)c2nc(-c3cccc(N)c3C)no2)c(C)c1Cl. The second kappa shape index (κ2) is 5.70. The van der Waals surface area contributed by atoms with Crippen LogP contribution in [0.2, 0.25) is 5.02 Å². The molecule has 23 heavy (non-hydrogen) atoms. The Morgan fingerprint density at radius 3 is 2.65 bits per heavy atom. The second-order valence-corrected chi connectivity index (χ2v) is 5.96. The molecule has 0 aliphatic rings. The van der Waals surface area contributed by atoms with Crippen LogP contribution in [0.15, 0.2) is 22.7 Å². The number of nitrogens with two attached hydrogens (primary N) is 1. The zero-order valence-electron chi connectivity index (χ0n) is 13.5. The summed E-state index contributed by atoms with van der Waals surface area (Å²) in [4.78, 5) is 4.50. The van der Waals surface area contributed by atoms with E-state index in [-0.39, 0.29) is 6.04 Å². The van der Waals surface area contributed by atoms with Crippen LogP contribution in [0.25, 0.3) is 11.4 Å². The number of halogens is 1. The molecule has 0 amide bonds. The van der Waals surface area contributed by atoms with Crippen molar-refractivity contribution in [2.24, 2.45) is 0 Å². The Balaban J connectivity index is 1.98. The van der Waals surface area contributed by atoms with E-state index in [4.69, 9.17) is 21.9 Å². The highest BCUT2D eigenvalue weighted by Crippen LogP contribution is 2.28. The van der Waals surface area contributed by atoms with E-state index in [0.717, 1.165) is 22.5 Å². The maximum atomic E-state index is 6.21. The van der Waals surface area contributed by atoms with Crippen molar-refractivity contribution >= 4 is 17.3 Å². The van der Waals surface area contributed by atoms with Crippen LogP contribution in [0.4, 0.5) is 5.69 Å². The van der Waals surface area contributed by atoms with Crippen LogP contribution in [0.1, 0.15) is 35.8 Å². The molecule has 0 radical (unpaired) electrons. The molecule has 0 aliphatic carbocycles. The quantitative estimate of drug-likeness (QED) is 0.740. The van der Waals surface area contributed by atoms with Crippen LogP contribution < -0.4 is 5.73 Å². The lowest BCUT2D eigenvalue weighted by molar-refractivity contribution is 0.334. The molecule has 3 aromatic rings. The van der Waals surface area contributed by atoms with Crippen molar-refractivity contribution in [1.82, 2.24) is 19.9 Å². The van der Waals surface area contributed by atoms with E-state index in [1.165, 1.54) is 0 Å². The Hall–Kier alpha value is -2.34. The normalized spacial score (nSPS) is 12.6. The van der Waals surface area contributed by atoms with Gasteiger partial charge in [-0.15, -0.1) is 0 Å². The number of nitrogen functional groups attached to an aromatic ring is 1. The number of benzene rings is 1. The van der Waals surface area contributed by atoms with Crippen LogP contribution in [0.3, 0.4) is 0 Å². The summed E-state index contributed by atoms with van der Waals surface area (Å²) in [7, 11) is 0. The van der Waals surface area contributed by atoms with Gasteiger partial charge in [-0.3, -0.25) is 4.68 Å². The summed E-state index contributed by atoms with van der Waals surface area (Å²) in [5.41, 5.74) is 10.1.